The smallest absolute Gasteiger partial charge is 0.416 e. The Morgan fingerprint density at radius 2 is 1.78 bits per heavy atom. The molecule has 2 aromatic carbocycles. The summed E-state index contributed by atoms with van der Waals surface area (Å²) in [5.74, 6) is 0.746. The average molecular weight is 504 g/mol. The van der Waals surface area contributed by atoms with Crippen LogP contribution in [-0.2, 0) is 6.18 Å². The van der Waals surface area contributed by atoms with E-state index in [-0.39, 0.29) is 24.0 Å². The van der Waals surface area contributed by atoms with Crippen molar-refractivity contribution in [3.05, 3.63) is 64.2 Å². The summed E-state index contributed by atoms with van der Waals surface area (Å²) in [4.78, 5) is 17.3. The second kappa shape index (κ2) is 10.8. The second-order valence-electron chi connectivity index (χ2n) is 10.0. The van der Waals surface area contributed by atoms with Gasteiger partial charge >= 0.3 is 6.18 Å². The number of nitrogens with one attached hydrogen (secondary N) is 1. The van der Waals surface area contributed by atoms with Gasteiger partial charge in [0.1, 0.15) is 5.75 Å². The number of hydrogen-bond donors (Lipinski definition) is 1. The molecule has 0 spiro atoms. The number of carbonyl (C=O) groups excluding carboxylic acids is 1. The van der Waals surface area contributed by atoms with Gasteiger partial charge in [-0.2, -0.15) is 13.2 Å². The molecule has 1 unspecified atom stereocenters. The van der Waals surface area contributed by atoms with E-state index in [9.17, 15) is 18.0 Å². The highest BCUT2D eigenvalue weighted by molar-refractivity contribution is 5.94. The number of nitrogens with zero attached hydrogens (tertiary/aromatic N) is 2. The number of likely N-dealkylation sites (tertiary alicyclic amines) is 2. The first-order valence-corrected chi connectivity index (χ1v) is 12.7. The van der Waals surface area contributed by atoms with Crippen molar-refractivity contribution in [3.63, 3.8) is 0 Å². The molecule has 3 atom stereocenters. The van der Waals surface area contributed by atoms with Crippen molar-refractivity contribution in [1.29, 1.82) is 0 Å². The molecule has 2 bridgehead atoms. The van der Waals surface area contributed by atoms with Gasteiger partial charge in [0.25, 0.3) is 5.91 Å². The molecular formula is C28H36F3N3O2. The fourth-order valence-corrected chi connectivity index (χ4v) is 5.58. The fourth-order valence-electron chi connectivity index (χ4n) is 5.58. The van der Waals surface area contributed by atoms with Gasteiger partial charge in [0.2, 0.25) is 0 Å². The van der Waals surface area contributed by atoms with E-state index < -0.39 is 11.7 Å². The quantitative estimate of drug-likeness (QED) is 0.468. The van der Waals surface area contributed by atoms with E-state index in [1.165, 1.54) is 23.3 Å². The molecule has 2 aromatic rings. The number of halogens is 3. The topological polar surface area (TPSA) is 44.8 Å². The first kappa shape index (κ1) is 26.5. The molecule has 2 saturated heterocycles. The minimum absolute atomic E-state index is 0.0777. The van der Waals surface area contributed by atoms with Crippen LogP contribution in [0.25, 0.3) is 0 Å². The van der Waals surface area contributed by atoms with Crippen LogP contribution in [0.4, 0.5) is 13.2 Å². The second-order valence-corrected chi connectivity index (χ2v) is 10.0. The molecule has 0 aromatic heterocycles. The largest absolute Gasteiger partial charge is 0.493 e. The Kier molecular flexibility index (Phi) is 7.95. The van der Waals surface area contributed by atoms with Gasteiger partial charge in [0.15, 0.2) is 0 Å². The third kappa shape index (κ3) is 5.39. The van der Waals surface area contributed by atoms with Crippen molar-refractivity contribution in [2.75, 3.05) is 33.3 Å². The van der Waals surface area contributed by atoms with Gasteiger partial charge in [-0.25, -0.2) is 0 Å². The third-order valence-electron chi connectivity index (χ3n) is 7.81. The third-order valence-corrected chi connectivity index (χ3v) is 7.81. The molecule has 2 aliphatic heterocycles. The zero-order valence-corrected chi connectivity index (χ0v) is 21.5. The van der Waals surface area contributed by atoms with Crippen molar-refractivity contribution in [2.45, 2.75) is 64.3 Å². The van der Waals surface area contributed by atoms with Crippen LogP contribution >= 0.6 is 0 Å². The average Bonchev–Trinajstić information content (AvgIpc) is 3.46. The number of carbonyl (C=O) groups is 1. The minimum Gasteiger partial charge on any atom is -0.493 e. The molecule has 1 N–H and O–H groups in total. The first-order chi connectivity index (χ1) is 17.1. The number of alkyl halides is 3. The Morgan fingerprint density at radius 3 is 2.39 bits per heavy atom. The van der Waals surface area contributed by atoms with Gasteiger partial charge in [-0.15, -0.1) is 0 Å². The van der Waals surface area contributed by atoms with E-state index in [0.717, 1.165) is 55.8 Å². The maximum absolute atomic E-state index is 13.0. The van der Waals surface area contributed by atoms with Gasteiger partial charge in [0.05, 0.1) is 12.2 Å². The zero-order chi connectivity index (χ0) is 26.0. The van der Waals surface area contributed by atoms with E-state index >= 15 is 0 Å². The van der Waals surface area contributed by atoms with Gasteiger partial charge < -0.3 is 15.0 Å². The maximum Gasteiger partial charge on any atom is 0.416 e. The van der Waals surface area contributed by atoms with Crippen molar-refractivity contribution in [2.24, 2.45) is 0 Å². The highest BCUT2D eigenvalue weighted by atomic mass is 19.4. The number of fused-ring (bicyclic) bond motifs is 2. The lowest BCUT2D eigenvalue weighted by atomic mass is 9.96. The lowest BCUT2D eigenvalue weighted by Gasteiger charge is -2.38. The molecule has 4 rings (SSSR count). The van der Waals surface area contributed by atoms with Crippen LogP contribution < -0.4 is 10.1 Å². The van der Waals surface area contributed by atoms with E-state index in [1.54, 1.807) is 0 Å². The molecule has 0 radical (unpaired) electrons. The maximum atomic E-state index is 13.0. The predicted molar refractivity (Wildman–Crippen MR) is 134 cm³/mol. The van der Waals surface area contributed by atoms with Crippen molar-refractivity contribution >= 4 is 5.91 Å². The van der Waals surface area contributed by atoms with Crippen LogP contribution in [0.1, 0.15) is 64.8 Å². The van der Waals surface area contributed by atoms with E-state index in [0.29, 0.717) is 18.7 Å². The zero-order valence-electron chi connectivity index (χ0n) is 21.5. The molecule has 2 fully saturated rings. The molecule has 8 heteroatoms. The van der Waals surface area contributed by atoms with Gasteiger partial charge in [-0.3, -0.25) is 9.69 Å². The number of benzene rings is 2. The van der Waals surface area contributed by atoms with Gasteiger partial charge in [-0.05, 0) is 101 Å². The Labute approximate surface area is 211 Å². The molecule has 5 nitrogen and oxygen atoms in total. The number of rotatable bonds is 9. The molecule has 0 aliphatic carbocycles. The van der Waals surface area contributed by atoms with Crippen LogP contribution in [0.15, 0.2) is 36.4 Å². The van der Waals surface area contributed by atoms with Crippen LogP contribution in [0.3, 0.4) is 0 Å². The summed E-state index contributed by atoms with van der Waals surface area (Å²) in [5.41, 5.74) is 3.23. The number of ether oxygens (including phenoxy) is 1. The van der Waals surface area contributed by atoms with Crippen molar-refractivity contribution in [1.82, 2.24) is 15.1 Å². The van der Waals surface area contributed by atoms with Gasteiger partial charge in [-0.1, -0.05) is 6.07 Å². The molecule has 2 aliphatic rings. The monoisotopic (exact) mass is 503 g/mol. The predicted octanol–water partition coefficient (Wildman–Crippen LogP) is 5.36. The molecule has 1 amide bonds. The lowest BCUT2D eigenvalue weighted by Crippen LogP contribution is -2.49. The summed E-state index contributed by atoms with van der Waals surface area (Å²) >= 11 is 0. The highest BCUT2D eigenvalue weighted by Gasteiger charge is 2.47. The first-order valence-electron chi connectivity index (χ1n) is 12.7. The SMILES string of the molecule is CNCCCCOc1ccc(C(C)N2C[C@@H]3C[C@H]2CN3C(=O)c2ccc(C(F)(F)F)cc2)c(C)c1C. The highest BCUT2D eigenvalue weighted by Crippen LogP contribution is 2.39. The van der Waals surface area contributed by atoms with Crippen molar-refractivity contribution < 1.29 is 22.7 Å². The molecular weight excluding hydrogens is 467 g/mol. The molecule has 196 valence electrons. The number of hydrogen-bond acceptors (Lipinski definition) is 4. The summed E-state index contributed by atoms with van der Waals surface area (Å²) in [6, 6.07) is 9.29. The number of unbranched alkanes of at least 4 members (excludes halogenated alkanes) is 1. The fraction of sp³-hybridized carbons (Fsp3) is 0.536. The summed E-state index contributed by atoms with van der Waals surface area (Å²) in [6.07, 6.45) is -1.42. The molecule has 2 heterocycles. The Hall–Kier alpha value is -2.58. The van der Waals surface area contributed by atoms with Crippen LogP contribution in [0, 0.1) is 13.8 Å². The van der Waals surface area contributed by atoms with E-state index in [4.69, 9.17) is 4.74 Å². The Balaban J connectivity index is 1.38. The van der Waals surface area contributed by atoms with Crippen molar-refractivity contribution in [3.8, 4) is 5.75 Å². The van der Waals surface area contributed by atoms with Crippen LogP contribution in [0.2, 0.25) is 0 Å². The molecule has 36 heavy (non-hydrogen) atoms. The number of amides is 1. The Bertz CT molecular complexity index is 1070. The Morgan fingerprint density at radius 1 is 1.06 bits per heavy atom. The summed E-state index contributed by atoms with van der Waals surface area (Å²) in [5, 5.41) is 3.15. The lowest BCUT2D eigenvalue weighted by molar-refractivity contribution is -0.137. The van der Waals surface area contributed by atoms with Crippen LogP contribution in [-0.4, -0.2) is 61.1 Å². The van der Waals surface area contributed by atoms with Crippen LogP contribution in [0.5, 0.6) is 5.75 Å². The van der Waals surface area contributed by atoms with E-state index in [2.05, 4.69) is 43.1 Å². The van der Waals surface area contributed by atoms with Gasteiger partial charge in [0, 0.05) is 36.8 Å². The number of piperazine rings is 1. The summed E-state index contributed by atoms with van der Waals surface area (Å²) < 4.78 is 44.6. The standard InChI is InChI=1S/C28H36F3N3O2/c1-18-19(2)26(36-14-6-5-13-32-4)12-11-25(18)20(3)33-16-24-15-23(33)17-34(24)27(35)21-7-9-22(10-8-21)28(29,30)31/h7-12,20,23-24,32H,5-6,13-17H2,1-4H3/t20?,23-,24-/m0/s1. The summed E-state index contributed by atoms with van der Waals surface area (Å²) in [7, 11) is 1.95. The van der Waals surface area contributed by atoms with E-state index in [1.807, 2.05) is 11.9 Å². The summed E-state index contributed by atoms with van der Waals surface area (Å²) in [6.45, 7) is 9.52. The normalized spacial score (nSPS) is 20.7. The molecule has 0 saturated carbocycles. The minimum atomic E-state index is -4.40.